The highest BCUT2D eigenvalue weighted by Crippen LogP contribution is 2.34. The minimum absolute atomic E-state index is 0.0671. The Balaban J connectivity index is 1.40. The van der Waals surface area contributed by atoms with Crippen LogP contribution >= 0.6 is 0 Å². The maximum atomic E-state index is 12.5. The molecule has 1 aromatic carbocycles. The second-order valence-corrected chi connectivity index (χ2v) is 7.54. The van der Waals surface area contributed by atoms with Crippen LogP contribution in [-0.4, -0.2) is 49.6 Å². The van der Waals surface area contributed by atoms with Crippen LogP contribution in [0.15, 0.2) is 59.8 Å². The lowest BCUT2D eigenvalue weighted by Gasteiger charge is -2.35. The molecule has 0 aliphatic carbocycles. The number of benzene rings is 1. The first-order chi connectivity index (χ1) is 13.7. The van der Waals surface area contributed by atoms with Gasteiger partial charge in [0.25, 0.3) is 5.56 Å². The Morgan fingerprint density at radius 3 is 2.64 bits per heavy atom. The fourth-order valence-corrected chi connectivity index (χ4v) is 4.36. The molecule has 2 saturated heterocycles. The molecule has 3 aromatic rings. The second-order valence-electron chi connectivity index (χ2n) is 7.54. The van der Waals surface area contributed by atoms with Crippen molar-refractivity contribution in [2.75, 3.05) is 18.0 Å². The highest BCUT2D eigenvalue weighted by molar-refractivity contribution is 5.55. The Morgan fingerprint density at radius 2 is 1.93 bits per heavy atom. The maximum absolute atomic E-state index is 12.5. The van der Waals surface area contributed by atoms with E-state index in [1.54, 1.807) is 29.9 Å². The molecule has 142 valence electrons. The van der Waals surface area contributed by atoms with Gasteiger partial charge in [-0.3, -0.25) is 14.3 Å². The van der Waals surface area contributed by atoms with Crippen LogP contribution in [0.4, 0.5) is 5.95 Å². The molecule has 7 nitrogen and oxygen atoms in total. The smallest absolute Gasteiger partial charge is 0.255 e. The lowest BCUT2D eigenvalue weighted by atomic mass is 10.2. The van der Waals surface area contributed by atoms with Crippen molar-refractivity contribution in [3.05, 3.63) is 70.9 Å². The molecule has 0 spiro atoms. The SMILES string of the molecule is Cn1c(N2CC3CC2CN3Cc2ccccc2)nc(-c2ccncn2)cc1=O. The zero-order chi connectivity index (χ0) is 19.1. The summed E-state index contributed by atoms with van der Waals surface area (Å²) in [5.74, 6) is 0.730. The molecule has 0 saturated carbocycles. The Morgan fingerprint density at radius 1 is 1.07 bits per heavy atom. The Bertz CT molecular complexity index is 1040. The minimum Gasteiger partial charge on any atom is -0.336 e. The van der Waals surface area contributed by atoms with Gasteiger partial charge in [-0.05, 0) is 18.1 Å². The summed E-state index contributed by atoms with van der Waals surface area (Å²) in [6, 6.07) is 14.8. The second kappa shape index (κ2) is 6.83. The molecule has 2 unspecified atom stereocenters. The molecule has 2 aromatic heterocycles. The van der Waals surface area contributed by atoms with Gasteiger partial charge in [0, 0.05) is 51.0 Å². The highest BCUT2D eigenvalue weighted by Gasteiger charge is 2.44. The van der Waals surface area contributed by atoms with Crippen molar-refractivity contribution in [2.45, 2.75) is 25.0 Å². The summed E-state index contributed by atoms with van der Waals surface area (Å²) in [6.45, 7) is 2.86. The van der Waals surface area contributed by atoms with E-state index >= 15 is 0 Å². The molecule has 5 rings (SSSR count). The molecule has 2 fully saturated rings. The maximum Gasteiger partial charge on any atom is 0.255 e. The first-order valence-electron chi connectivity index (χ1n) is 9.58. The van der Waals surface area contributed by atoms with Gasteiger partial charge in [-0.25, -0.2) is 15.0 Å². The fourth-order valence-electron chi connectivity index (χ4n) is 4.36. The number of hydrogen-bond donors (Lipinski definition) is 0. The van der Waals surface area contributed by atoms with Crippen LogP contribution in [0.3, 0.4) is 0 Å². The largest absolute Gasteiger partial charge is 0.336 e. The summed E-state index contributed by atoms with van der Waals surface area (Å²) in [6.07, 6.45) is 4.26. The fraction of sp³-hybridized carbons (Fsp3) is 0.333. The van der Waals surface area contributed by atoms with Gasteiger partial charge < -0.3 is 4.90 Å². The Labute approximate surface area is 163 Å². The third-order valence-corrected chi connectivity index (χ3v) is 5.80. The Hall–Kier alpha value is -3.06. The number of rotatable bonds is 4. The number of anilines is 1. The van der Waals surface area contributed by atoms with E-state index in [1.807, 2.05) is 0 Å². The first kappa shape index (κ1) is 17.1. The first-order valence-corrected chi connectivity index (χ1v) is 9.58. The van der Waals surface area contributed by atoms with Crippen molar-refractivity contribution in [2.24, 2.45) is 7.05 Å². The lowest BCUT2D eigenvalue weighted by molar-refractivity contribution is 0.229. The predicted molar refractivity (Wildman–Crippen MR) is 107 cm³/mol. The molecule has 28 heavy (non-hydrogen) atoms. The van der Waals surface area contributed by atoms with Crippen LogP contribution in [0.25, 0.3) is 11.4 Å². The van der Waals surface area contributed by atoms with Crippen LogP contribution in [0.2, 0.25) is 0 Å². The summed E-state index contributed by atoms with van der Waals surface area (Å²) < 4.78 is 1.65. The van der Waals surface area contributed by atoms with E-state index in [2.05, 4.69) is 50.1 Å². The van der Waals surface area contributed by atoms with E-state index in [-0.39, 0.29) is 5.56 Å². The highest BCUT2D eigenvalue weighted by atomic mass is 16.1. The normalized spacial score (nSPS) is 21.4. The number of fused-ring (bicyclic) bond motifs is 2. The van der Waals surface area contributed by atoms with E-state index in [1.165, 1.54) is 11.9 Å². The monoisotopic (exact) mass is 374 g/mol. The van der Waals surface area contributed by atoms with Crippen LogP contribution < -0.4 is 10.5 Å². The zero-order valence-corrected chi connectivity index (χ0v) is 15.8. The van der Waals surface area contributed by atoms with Gasteiger partial charge >= 0.3 is 0 Å². The predicted octanol–water partition coefficient (Wildman–Crippen LogP) is 1.70. The van der Waals surface area contributed by atoms with E-state index in [0.717, 1.165) is 32.0 Å². The lowest BCUT2D eigenvalue weighted by Crippen LogP contribution is -2.47. The molecule has 0 amide bonds. The third-order valence-electron chi connectivity index (χ3n) is 5.80. The molecule has 0 radical (unpaired) electrons. The van der Waals surface area contributed by atoms with Crippen LogP contribution in [0.5, 0.6) is 0 Å². The number of hydrogen-bond acceptors (Lipinski definition) is 6. The Kier molecular flexibility index (Phi) is 4.16. The number of likely N-dealkylation sites (tertiary alicyclic amines) is 1. The van der Waals surface area contributed by atoms with E-state index in [9.17, 15) is 4.79 Å². The minimum atomic E-state index is -0.0671. The summed E-state index contributed by atoms with van der Waals surface area (Å²) in [5.41, 5.74) is 2.55. The van der Waals surface area contributed by atoms with Gasteiger partial charge in [0.05, 0.1) is 11.4 Å². The molecule has 2 bridgehead atoms. The summed E-state index contributed by atoms with van der Waals surface area (Å²) >= 11 is 0. The van der Waals surface area contributed by atoms with E-state index in [0.29, 0.717) is 23.5 Å². The van der Waals surface area contributed by atoms with Gasteiger partial charge in [-0.15, -0.1) is 0 Å². The molecule has 0 N–H and O–H groups in total. The third kappa shape index (κ3) is 2.97. The zero-order valence-electron chi connectivity index (χ0n) is 15.8. The summed E-state index contributed by atoms with van der Waals surface area (Å²) in [7, 11) is 1.79. The van der Waals surface area contributed by atoms with Gasteiger partial charge in [0.15, 0.2) is 0 Å². The van der Waals surface area contributed by atoms with Crippen molar-refractivity contribution in [3.8, 4) is 11.4 Å². The van der Waals surface area contributed by atoms with Gasteiger partial charge in [-0.2, -0.15) is 0 Å². The van der Waals surface area contributed by atoms with Gasteiger partial charge in [0.1, 0.15) is 6.33 Å². The number of nitrogens with zero attached hydrogens (tertiary/aromatic N) is 6. The topological polar surface area (TPSA) is 67.2 Å². The van der Waals surface area contributed by atoms with E-state index < -0.39 is 0 Å². The quantitative estimate of drug-likeness (QED) is 0.693. The van der Waals surface area contributed by atoms with Crippen LogP contribution in [0, 0.1) is 0 Å². The van der Waals surface area contributed by atoms with Crippen molar-refractivity contribution in [3.63, 3.8) is 0 Å². The molecule has 4 heterocycles. The molecular formula is C21H22N6O. The average molecular weight is 374 g/mol. The molecule has 2 aliphatic rings. The average Bonchev–Trinajstić information content (AvgIpc) is 3.32. The van der Waals surface area contributed by atoms with E-state index in [4.69, 9.17) is 4.98 Å². The van der Waals surface area contributed by atoms with Crippen LogP contribution in [-0.2, 0) is 13.6 Å². The summed E-state index contributed by atoms with van der Waals surface area (Å²) in [4.78, 5) is 30.4. The van der Waals surface area contributed by atoms with Gasteiger partial charge in [0.2, 0.25) is 5.95 Å². The van der Waals surface area contributed by atoms with Crippen LogP contribution in [0.1, 0.15) is 12.0 Å². The van der Waals surface area contributed by atoms with Gasteiger partial charge in [-0.1, -0.05) is 30.3 Å². The van der Waals surface area contributed by atoms with Crippen molar-refractivity contribution in [1.82, 2.24) is 24.4 Å². The summed E-state index contributed by atoms with van der Waals surface area (Å²) in [5, 5.41) is 0. The molecule has 2 atom stereocenters. The van der Waals surface area contributed by atoms with Crippen molar-refractivity contribution in [1.29, 1.82) is 0 Å². The molecular weight excluding hydrogens is 352 g/mol. The number of piperazine rings is 1. The standard InChI is InChI=1S/C21H22N6O/c1-25-20(28)10-19(18-7-8-22-14-23-18)24-21(25)27-13-16-9-17(27)12-26(16)11-15-5-3-2-4-6-15/h2-8,10,14,16-17H,9,11-13H2,1H3. The molecule has 2 aliphatic heterocycles. The molecule has 7 heteroatoms. The van der Waals surface area contributed by atoms with Crippen molar-refractivity contribution < 1.29 is 0 Å². The number of aromatic nitrogens is 4. The van der Waals surface area contributed by atoms with Crippen molar-refractivity contribution >= 4 is 5.95 Å².